The largest absolute Gasteiger partial charge is 0.474 e. The second kappa shape index (κ2) is 6.00. The van der Waals surface area contributed by atoms with Crippen LogP contribution >= 0.6 is 0 Å². The van der Waals surface area contributed by atoms with Gasteiger partial charge in [0, 0.05) is 12.7 Å². The fraction of sp³-hybridized carbons (Fsp3) is 0.400. The summed E-state index contributed by atoms with van der Waals surface area (Å²) in [6, 6.07) is 3.59. The Morgan fingerprint density at radius 1 is 1.41 bits per heavy atom. The van der Waals surface area contributed by atoms with Crippen molar-refractivity contribution >= 4 is 11.5 Å². The van der Waals surface area contributed by atoms with Gasteiger partial charge in [0.2, 0.25) is 6.10 Å². The lowest BCUT2D eigenvalue weighted by Crippen LogP contribution is -2.45. The predicted molar refractivity (Wildman–Crippen MR) is 72.3 cm³/mol. The van der Waals surface area contributed by atoms with Gasteiger partial charge in [-0.05, 0) is 18.6 Å². The van der Waals surface area contributed by atoms with Gasteiger partial charge in [-0.15, -0.1) is 0 Å². The van der Waals surface area contributed by atoms with Crippen LogP contribution in [0.25, 0.3) is 5.57 Å². The molecule has 120 valence electrons. The molecule has 0 N–H and O–H groups in total. The van der Waals surface area contributed by atoms with Crippen LogP contribution in [0.5, 0.6) is 5.75 Å². The summed E-state index contributed by atoms with van der Waals surface area (Å²) >= 11 is 0. The van der Waals surface area contributed by atoms with Gasteiger partial charge in [0.25, 0.3) is 0 Å². The number of rotatable bonds is 3. The summed E-state index contributed by atoms with van der Waals surface area (Å²) in [7, 11) is 1.32. The number of carbonyl (C=O) groups excluding carboxylic acids is 1. The Bertz CT molecular complexity index is 595. The minimum atomic E-state index is -4.61. The maximum absolute atomic E-state index is 13.1. The summed E-state index contributed by atoms with van der Waals surface area (Å²) in [5.74, 6) is -1.22. The minimum Gasteiger partial charge on any atom is -0.474 e. The second-order valence-corrected chi connectivity index (χ2v) is 4.65. The normalized spacial score (nSPS) is 21.0. The number of fused-ring (bicyclic) bond motifs is 1. The maximum atomic E-state index is 13.1. The smallest absolute Gasteiger partial charge is 0.419 e. The number of methoxy groups -OCH3 is 1. The van der Waals surface area contributed by atoms with Gasteiger partial charge in [0.15, 0.2) is 0 Å². The highest BCUT2D eigenvalue weighted by atomic mass is 19.4. The molecule has 0 radical (unpaired) electrons. The van der Waals surface area contributed by atoms with E-state index < -0.39 is 35.7 Å². The summed E-state index contributed by atoms with van der Waals surface area (Å²) in [4.78, 5) is 11.9. The molecule has 2 rings (SSSR count). The van der Waals surface area contributed by atoms with Crippen LogP contribution in [0.3, 0.4) is 0 Å². The topological polar surface area (TPSA) is 44.8 Å². The van der Waals surface area contributed by atoms with Crippen LogP contribution in [0.15, 0.2) is 24.8 Å². The van der Waals surface area contributed by atoms with Gasteiger partial charge in [-0.25, -0.2) is 4.79 Å². The van der Waals surface area contributed by atoms with Crippen LogP contribution in [-0.4, -0.2) is 31.9 Å². The molecule has 22 heavy (non-hydrogen) atoms. The standard InChI is InChI=1S/C15H15F3O4/c1-4-21-14(19)13-11(20-3)8(2)9-6-5-7-10(12(9)22-13)15(16,17)18/h5-7,11,13H,2,4H2,1,3H3/t11-,13+/m1/s1. The number of hydrogen-bond acceptors (Lipinski definition) is 4. The van der Waals surface area contributed by atoms with Gasteiger partial charge in [-0.3, -0.25) is 0 Å². The first-order valence-electron chi connectivity index (χ1n) is 6.56. The Labute approximate surface area is 125 Å². The molecule has 1 heterocycles. The molecule has 4 nitrogen and oxygen atoms in total. The molecule has 0 aliphatic carbocycles. The average molecular weight is 316 g/mol. The molecule has 0 unspecified atom stereocenters. The molecule has 0 aromatic heterocycles. The predicted octanol–water partition coefficient (Wildman–Crippen LogP) is 3.06. The third-order valence-electron chi connectivity index (χ3n) is 3.30. The van der Waals surface area contributed by atoms with Crippen molar-refractivity contribution in [2.75, 3.05) is 13.7 Å². The number of hydrogen-bond donors (Lipinski definition) is 0. The Hall–Kier alpha value is -2.02. The van der Waals surface area contributed by atoms with E-state index in [1.807, 2.05) is 0 Å². The van der Waals surface area contributed by atoms with Crippen LogP contribution in [0.4, 0.5) is 13.2 Å². The SMILES string of the molecule is C=C1c2cccc(C(F)(F)F)c2O[C@H](C(=O)OCC)[C@@H]1OC. The molecule has 2 atom stereocenters. The minimum absolute atomic E-state index is 0.0787. The molecular weight excluding hydrogens is 301 g/mol. The Balaban J connectivity index is 2.52. The van der Waals surface area contributed by atoms with Crippen molar-refractivity contribution in [3.8, 4) is 5.75 Å². The number of benzene rings is 1. The highest BCUT2D eigenvalue weighted by Gasteiger charge is 2.44. The first kappa shape index (κ1) is 16.4. The van der Waals surface area contributed by atoms with Crippen LogP contribution in [0, 0.1) is 0 Å². The van der Waals surface area contributed by atoms with E-state index in [0.29, 0.717) is 0 Å². The van der Waals surface area contributed by atoms with E-state index in [1.165, 1.54) is 19.2 Å². The molecule has 0 amide bonds. The average Bonchev–Trinajstić information content (AvgIpc) is 2.45. The lowest BCUT2D eigenvalue weighted by Gasteiger charge is -2.34. The van der Waals surface area contributed by atoms with E-state index in [-0.39, 0.29) is 17.7 Å². The second-order valence-electron chi connectivity index (χ2n) is 4.65. The van der Waals surface area contributed by atoms with Gasteiger partial charge in [0.05, 0.1) is 12.2 Å². The number of esters is 1. The molecule has 0 spiro atoms. The summed E-state index contributed by atoms with van der Waals surface area (Å²) in [6.07, 6.45) is -6.84. The maximum Gasteiger partial charge on any atom is 0.419 e. The zero-order chi connectivity index (χ0) is 16.5. The van der Waals surface area contributed by atoms with Crippen molar-refractivity contribution in [3.63, 3.8) is 0 Å². The van der Waals surface area contributed by atoms with Gasteiger partial charge < -0.3 is 14.2 Å². The fourth-order valence-corrected chi connectivity index (χ4v) is 2.33. The van der Waals surface area contributed by atoms with Crippen molar-refractivity contribution in [2.45, 2.75) is 25.3 Å². The van der Waals surface area contributed by atoms with Gasteiger partial charge in [0.1, 0.15) is 11.9 Å². The van der Waals surface area contributed by atoms with E-state index >= 15 is 0 Å². The highest BCUT2D eigenvalue weighted by Crippen LogP contribution is 2.44. The number of alkyl halides is 3. The molecule has 0 fully saturated rings. The zero-order valence-corrected chi connectivity index (χ0v) is 12.1. The van der Waals surface area contributed by atoms with Crippen molar-refractivity contribution in [3.05, 3.63) is 35.9 Å². The molecule has 0 saturated carbocycles. The Morgan fingerprint density at radius 2 is 2.09 bits per heavy atom. The van der Waals surface area contributed by atoms with Crippen molar-refractivity contribution in [1.82, 2.24) is 0 Å². The first-order chi connectivity index (χ1) is 10.3. The summed E-state index contributed by atoms with van der Waals surface area (Å²) in [5.41, 5.74) is -0.551. The lowest BCUT2D eigenvalue weighted by atomic mass is 9.92. The number of ether oxygens (including phenoxy) is 3. The molecule has 7 heteroatoms. The Morgan fingerprint density at radius 3 is 2.64 bits per heavy atom. The molecule has 1 aliphatic heterocycles. The van der Waals surface area contributed by atoms with Gasteiger partial charge in [-0.2, -0.15) is 13.2 Å². The lowest BCUT2D eigenvalue weighted by molar-refractivity contribution is -0.158. The molecular formula is C15H15F3O4. The number of halogens is 3. The molecule has 1 aliphatic rings. The quantitative estimate of drug-likeness (QED) is 0.804. The highest BCUT2D eigenvalue weighted by molar-refractivity contribution is 5.85. The number of para-hydroxylation sites is 1. The molecule has 1 aromatic rings. The van der Waals surface area contributed by atoms with Gasteiger partial charge >= 0.3 is 12.1 Å². The number of carbonyl (C=O) groups is 1. The van der Waals surface area contributed by atoms with E-state index in [9.17, 15) is 18.0 Å². The molecule has 1 aromatic carbocycles. The van der Waals surface area contributed by atoms with Crippen LogP contribution < -0.4 is 4.74 Å². The van der Waals surface area contributed by atoms with E-state index in [1.54, 1.807) is 6.92 Å². The third kappa shape index (κ3) is 2.81. The molecule has 0 saturated heterocycles. The summed E-state index contributed by atoms with van der Waals surface area (Å²) < 4.78 is 54.6. The zero-order valence-electron chi connectivity index (χ0n) is 12.1. The Kier molecular flexibility index (Phi) is 4.46. The monoisotopic (exact) mass is 316 g/mol. The van der Waals surface area contributed by atoms with E-state index in [0.717, 1.165) is 6.07 Å². The summed E-state index contributed by atoms with van der Waals surface area (Å²) in [6.45, 7) is 5.41. The third-order valence-corrected chi connectivity index (χ3v) is 3.30. The molecule has 0 bridgehead atoms. The van der Waals surface area contributed by atoms with E-state index in [2.05, 4.69) is 6.58 Å². The van der Waals surface area contributed by atoms with Crippen molar-refractivity contribution in [2.24, 2.45) is 0 Å². The van der Waals surface area contributed by atoms with Crippen molar-refractivity contribution in [1.29, 1.82) is 0 Å². The fourth-order valence-electron chi connectivity index (χ4n) is 2.33. The first-order valence-corrected chi connectivity index (χ1v) is 6.56. The van der Waals surface area contributed by atoms with Crippen LogP contribution in [-0.2, 0) is 20.4 Å². The van der Waals surface area contributed by atoms with Gasteiger partial charge in [-0.1, -0.05) is 18.7 Å². The van der Waals surface area contributed by atoms with Crippen LogP contribution in [0.1, 0.15) is 18.1 Å². The van der Waals surface area contributed by atoms with E-state index in [4.69, 9.17) is 14.2 Å². The summed E-state index contributed by atoms with van der Waals surface area (Å²) in [5, 5.41) is 0. The van der Waals surface area contributed by atoms with Crippen molar-refractivity contribution < 1.29 is 32.2 Å². The van der Waals surface area contributed by atoms with Crippen LogP contribution in [0.2, 0.25) is 0 Å².